The molecular weight excluding hydrogens is 373 g/mol. The van der Waals surface area contributed by atoms with Crippen LogP contribution in [0.15, 0.2) is 53.9 Å². The summed E-state index contributed by atoms with van der Waals surface area (Å²) in [6.45, 7) is 6.38. The number of rotatable bonds is 7. The van der Waals surface area contributed by atoms with Crippen molar-refractivity contribution in [3.8, 4) is 0 Å². The van der Waals surface area contributed by atoms with Crippen LogP contribution in [0.1, 0.15) is 30.7 Å². The minimum atomic E-state index is -0.334. The molecule has 1 amide bonds. The summed E-state index contributed by atoms with van der Waals surface area (Å²) in [5.41, 5.74) is 4.12. The molecule has 28 heavy (non-hydrogen) atoms. The van der Waals surface area contributed by atoms with Gasteiger partial charge in [-0.3, -0.25) is 9.69 Å². The molecule has 2 aromatic carbocycles. The third-order valence-electron chi connectivity index (χ3n) is 4.55. The van der Waals surface area contributed by atoms with E-state index in [1.165, 1.54) is 46.4 Å². The molecule has 1 atom stereocenters. The fraction of sp³-hybridized carbons (Fsp3) is 0.273. The van der Waals surface area contributed by atoms with Gasteiger partial charge in [0, 0.05) is 24.9 Å². The smallest absolute Gasteiger partial charge is 0.230 e. The minimum Gasteiger partial charge on any atom is -0.308 e. The van der Waals surface area contributed by atoms with Crippen molar-refractivity contribution in [1.82, 2.24) is 10.3 Å². The molecule has 0 saturated carbocycles. The van der Waals surface area contributed by atoms with E-state index in [1.54, 1.807) is 12.1 Å². The van der Waals surface area contributed by atoms with Crippen molar-refractivity contribution < 1.29 is 9.18 Å². The molecule has 6 heteroatoms. The third kappa shape index (κ3) is 5.03. The maximum atomic E-state index is 13.2. The van der Waals surface area contributed by atoms with Crippen molar-refractivity contribution in [1.29, 1.82) is 0 Å². The van der Waals surface area contributed by atoms with E-state index in [-0.39, 0.29) is 11.7 Å². The Hall–Kier alpha value is -2.57. The molecule has 1 N–H and O–H groups in total. The third-order valence-corrected chi connectivity index (χ3v) is 5.42. The number of hydrogen-bond donors (Lipinski definition) is 1. The average molecular weight is 398 g/mol. The molecular formula is C22H24FN3OS. The lowest BCUT2D eigenvalue weighted by atomic mass is 10.0. The van der Waals surface area contributed by atoms with Gasteiger partial charge >= 0.3 is 0 Å². The highest BCUT2D eigenvalue weighted by molar-refractivity contribution is 7.14. The highest BCUT2D eigenvalue weighted by Gasteiger charge is 2.18. The quantitative estimate of drug-likeness (QED) is 0.610. The van der Waals surface area contributed by atoms with Gasteiger partial charge in [-0.2, -0.15) is 0 Å². The van der Waals surface area contributed by atoms with E-state index in [9.17, 15) is 9.18 Å². The number of hydrogen-bond acceptors (Lipinski definition) is 4. The predicted molar refractivity (Wildman–Crippen MR) is 113 cm³/mol. The monoisotopic (exact) mass is 397 g/mol. The molecule has 3 rings (SSSR count). The second-order valence-electron chi connectivity index (χ2n) is 6.86. The van der Waals surface area contributed by atoms with Crippen LogP contribution in [-0.2, 0) is 17.8 Å². The maximum Gasteiger partial charge on any atom is 0.230 e. The second kappa shape index (κ2) is 9.08. The Bertz CT molecular complexity index is 939. The van der Waals surface area contributed by atoms with Gasteiger partial charge in [0.1, 0.15) is 5.82 Å². The van der Waals surface area contributed by atoms with Gasteiger partial charge in [0.2, 0.25) is 5.91 Å². The summed E-state index contributed by atoms with van der Waals surface area (Å²) in [6.07, 6.45) is 0.943. The Morgan fingerprint density at radius 1 is 1.21 bits per heavy atom. The zero-order valence-corrected chi connectivity index (χ0v) is 17.1. The highest BCUT2D eigenvalue weighted by Crippen LogP contribution is 2.29. The van der Waals surface area contributed by atoms with Crippen molar-refractivity contribution in [3.05, 3.63) is 76.5 Å². The number of carbonyl (C=O) groups excluding carboxylic acids is 1. The lowest BCUT2D eigenvalue weighted by molar-refractivity contribution is -0.115. The first kappa shape index (κ1) is 20.2. The second-order valence-corrected chi connectivity index (χ2v) is 7.70. The van der Waals surface area contributed by atoms with Gasteiger partial charge in [-0.15, -0.1) is 11.3 Å². The van der Waals surface area contributed by atoms with E-state index >= 15 is 0 Å². The van der Waals surface area contributed by atoms with E-state index in [4.69, 9.17) is 0 Å². The molecule has 1 aromatic heterocycles. The summed E-state index contributed by atoms with van der Waals surface area (Å²) in [4.78, 5) is 18.2. The van der Waals surface area contributed by atoms with E-state index in [2.05, 4.69) is 48.4 Å². The molecule has 0 aliphatic heterocycles. The summed E-state index contributed by atoms with van der Waals surface area (Å²) in [5.74, 6) is -0.493. The number of nitrogens with zero attached hydrogens (tertiary/aromatic N) is 2. The Kier molecular flexibility index (Phi) is 6.54. The Balaban J connectivity index is 1.65. The topological polar surface area (TPSA) is 45.2 Å². The first-order chi connectivity index (χ1) is 13.4. The first-order valence-corrected chi connectivity index (χ1v) is 10.1. The lowest BCUT2D eigenvalue weighted by Crippen LogP contribution is -2.28. The van der Waals surface area contributed by atoms with Crippen LogP contribution in [0.5, 0.6) is 0 Å². The van der Waals surface area contributed by atoms with Crippen LogP contribution in [0, 0.1) is 12.7 Å². The number of halogens is 1. The van der Waals surface area contributed by atoms with Crippen molar-refractivity contribution in [2.45, 2.75) is 39.8 Å². The van der Waals surface area contributed by atoms with Crippen molar-refractivity contribution in [3.63, 3.8) is 0 Å². The molecule has 4 nitrogen and oxygen atoms in total. The zero-order chi connectivity index (χ0) is 20.1. The van der Waals surface area contributed by atoms with Gasteiger partial charge in [0.05, 0.1) is 11.4 Å². The lowest BCUT2D eigenvalue weighted by Gasteiger charge is -2.18. The Morgan fingerprint density at radius 3 is 2.61 bits per heavy atom. The molecule has 3 aromatic rings. The van der Waals surface area contributed by atoms with E-state index in [1.807, 2.05) is 5.38 Å². The zero-order valence-electron chi connectivity index (χ0n) is 16.3. The van der Waals surface area contributed by atoms with Gasteiger partial charge in [-0.25, -0.2) is 9.37 Å². The number of aromatic nitrogens is 1. The van der Waals surface area contributed by atoms with Gasteiger partial charge < -0.3 is 5.32 Å². The van der Waals surface area contributed by atoms with E-state index < -0.39 is 0 Å². The molecule has 0 bridgehead atoms. The Labute approximate surface area is 169 Å². The van der Waals surface area contributed by atoms with Crippen molar-refractivity contribution >= 4 is 28.1 Å². The fourth-order valence-corrected chi connectivity index (χ4v) is 3.90. The van der Waals surface area contributed by atoms with Crippen LogP contribution in [0.2, 0.25) is 0 Å². The van der Waals surface area contributed by atoms with Gasteiger partial charge in [-0.1, -0.05) is 24.3 Å². The van der Waals surface area contributed by atoms with Crippen LogP contribution >= 0.6 is 11.3 Å². The number of aryl methyl sites for hydroxylation is 1. The van der Waals surface area contributed by atoms with Gasteiger partial charge in [-0.05, 0) is 55.7 Å². The molecule has 0 spiro atoms. The molecule has 0 saturated heterocycles. The van der Waals surface area contributed by atoms with E-state index in [0.29, 0.717) is 23.4 Å². The number of carbonyl (C=O) groups is 1. The van der Waals surface area contributed by atoms with Crippen LogP contribution < -0.4 is 10.2 Å². The van der Waals surface area contributed by atoms with Gasteiger partial charge in [0.15, 0.2) is 5.13 Å². The van der Waals surface area contributed by atoms with Crippen LogP contribution in [-0.4, -0.2) is 16.9 Å². The Morgan fingerprint density at radius 2 is 1.93 bits per heavy atom. The van der Waals surface area contributed by atoms with Crippen molar-refractivity contribution in [2.24, 2.45) is 0 Å². The fourth-order valence-electron chi connectivity index (χ4n) is 3.02. The summed E-state index contributed by atoms with van der Waals surface area (Å²) < 4.78 is 13.2. The average Bonchev–Trinajstić information content (AvgIpc) is 3.12. The molecule has 146 valence electrons. The summed E-state index contributed by atoms with van der Waals surface area (Å²) >= 11 is 1.40. The molecule has 1 heterocycles. The van der Waals surface area contributed by atoms with Crippen LogP contribution in [0.4, 0.5) is 15.2 Å². The summed E-state index contributed by atoms with van der Waals surface area (Å²) in [7, 11) is 0. The van der Waals surface area contributed by atoms with Crippen LogP contribution in [0.3, 0.4) is 0 Å². The largest absolute Gasteiger partial charge is 0.308 e. The van der Waals surface area contributed by atoms with Crippen molar-refractivity contribution in [2.75, 3.05) is 4.90 Å². The number of thiazole rings is 1. The van der Waals surface area contributed by atoms with Gasteiger partial charge in [0.25, 0.3) is 0 Å². The standard InChI is InChI=1S/C22H24FN3OS/c1-15-6-4-5-7-18(15)12-16(2)24-13-20-14-28-22(25-20)26(17(3)27)21-10-8-19(23)9-11-21/h4-11,14,16,24H,12-13H2,1-3H3. The maximum absolute atomic E-state index is 13.2. The number of anilines is 2. The number of nitrogens with one attached hydrogen (secondary N) is 1. The summed E-state index contributed by atoms with van der Waals surface area (Å²) in [5, 5.41) is 6.03. The molecule has 0 fully saturated rings. The molecule has 0 radical (unpaired) electrons. The summed E-state index contributed by atoms with van der Waals surface area (Å²) in [6, 6.07) is 14.5. The first-order valence-electron chi connectivity index (χ1n) is 9.22. The van der Waals surface area contributed by atoms with E-state index in [0.717, 1.165) is 12.1 Å². The normalized spacial score (nSPS) is 12.0. The SMILES string of the molecule is CC(=O)N(c1ccc(F)cc1)c1nc(CNC(C)Cc2ccccc2C)cs1. The number of amides is 1. The number of benzene rings is 2. The minimum absolute atomic E-state index is 0.159. The molecule has 1 unspecified atom stereocenters. The van der Waals surface area contributed by atoms with Crippen LogP contribution in [0.25, 0.3) is 0 Å². The molecule has 0 aliphatic rings. The highest BCUT2D eigenvalue weighted by atomic mass is 32.1. The molecule has 0 aliphatic carbocycles. The predicted octanol–water partition coefficient (Wildman–Crippen LogP) is 5.00.